The smallest absolute Gasteiger partial charge is 0.256 e. The maximum atomic E-state index is 13.3. The Bertz CT molecular complexity index is 1330. The number of pyridine rings is 2. The molecule has 164 valence electrons. The summed E-state index contributed by atoms with van der Waals surface area (Å²) in [6.07, 6.45) is 5.56. The fourth-order valence-electron chi connectivity index (χ4n) is 4.19. The van der Waals surface area contributed by atoms with Crippen molar-refractivity contribution in [3.05, 3.63) is 89.7 Å². The van der Waals surface area contributed by atoms with Crippen LogP contribution in [0.25, 0.3) is 22.2 Å². The molecule has 4 aromatic rings. The van der Waals surface area contributed by atoms with Gasteiger partial charge in [0.05, 0.1) is 16.8 Å². The lowest BCUT2D eigenvalue weighted by Crippen LogP contribution is -2.27. The lowest BCUT2D eigenvalue weighted by Gasteiger charge is -2.15. The van der Waals surface area contributed by atoms with Gasteiger partial charge < -0.3 is 10.2 Å². The summed E-state index contributed by atoms with van der Waals surface area (Å²) in [5, 5.41) is 3.77. The highest BCUT2D eigenvalue weighted by Gasteiger charge is 2.20. The molecule has 0 bridgehead atoms. The molecule has 3 heterocycles. The van der Waals surface area contributed by atoms with E-state index in [2.05, 4.69) is 10.3 Å². The van der Waals surface area contributed by atoms with Crippen LogP contribution in [0, 0.1) is 6.92 Å². The summed E-state index contributed by atoms with van der Waals surface area (Å²) in [6.45, 7) is 3.61. The highest BCUT2D eigenvalue weighted by atomic mass is 16.2. The average Bonchev–Trinajstić information content (AvgIpc) is 3.39. The van der Waals surface area contributed by atoms with Crippen LogP contribution in [-0.4, -0.2) is 39.8 Å². The van der Waals surface area contributed by atoms with Gasteiger partial charge in [-0.05, 0) is 74.4 Å². The quantitative estimate of drug-likeness (QED) is 0.483. The maximum Gasteiger partial charge on any atom is 0.256 e. The summed E-state index contributed by atoms with van der Waals surface area (Å²) < 4.78 is 0. The fraction of sp³-hybridized carbons (Fsp3) is 0.185. The summed E-state index contributed by atoms with van der Waals surface area (Å²) in [5.74, 6) is -0.182. The van der Waals surface area contributed by atoms with Gasteiger partial charge in [-0.2, -0.15) is 0 Å². The number of nitrogens with one attached hydrogen (secondary N) is 1. The van der Waals surface area contributed by atoms with Crippen molar-refractivity contribution >= 4 is 28.4 Å². The first-order valence-corrected chi connectivity index (χ1v) is 11.1. The standard InChI is InChI=1S/C27H24N4O2/c1-18-6-11-24-22(15-18)23(16-25(30-24)20-5-4-12-28-17-20)26(32)29-21-9-7-19(8-10-21)27(33)31-13-2-3-14-31/h4-12,15-17H,2-3,13-14H2,1H3,(H,29,32). The number of hydrogen-bond donors (Lipinski definition) is 1. The SMILES string of the molecule is Cc1ccc2nc(-c3cccnc3)cc(C(=O)Nc3ccc(C(=O)N4CCCC4)cc3)c2c1. The van der Waals surface area contributed by atoms with Gasteiger partial charge in [0, 0.05) is 47.7 Å². The van der Waals surface area contributed by atoms with E-state index in [1.165, 1.54) is 0 Å². The second kappa shape index (κ2) is 8.82. The summed E-state index contributed by atoms with van der Waals surface area (Å²) in [5.41, 5.74) is 5.16. The second-order valence-electron chi connectivity index (χ2n) is 8.35. The average molecular weight is 437 g/mol. The van der Waals surface area contributed by atoms with Crippen molar-refractivity contribution in [3.63, 3.8) is 0 Å². The number of likely N-dealkylation sites (tertiary alicyclic amines) is 1. The molecule has 0 atom stereocenters. The molecule has 1 N–H and O–H groups in total. The fourth-order valence-corrected chi connectivity index (χ4v) is 4.19. The van der Waals surface area contributed by atoms with Crippen molar-refractivity contribution in [2.75, 3.05) is 18.4 Å². The first-order chi connectivity index (χ1) is 16.1. The van der Waals surface area contributed by atoms with Crippen molar-refractivity contribution in [2.45, 2.75) is 19.8 Å². The van der Waals surface area contributed by atoms with Crippen LogP contribution >= 0.6 is 0 Å². The van der Waals surface area contributed by atoms with Gasteiger partial charge >= 0.3 is 0 Å². The van der Waals surface area contributed by atoms with Gasteiger partial charge in [-0.1, -0.05) is 11.6 Å². The Labute approximate surface area is 192 Å². The van der Waals surface area contributed by atoms with Crippen molar-refractivity contribution in [1.29, 1.82) is 0 Å². The van der Waals surface area contributed by atoms with Crippen LogP contribution in [0.1, 0.15) is 39.1 Å². The molecule has 0 spiro atoms. The van der Waals surface area contributed by atoms with Crippen LogP contribution in [0.4, 0.5) is 5.69 Å². The van der Waals surface area contributed by atoms with Crippen molar-refractivity contribution in [2.24, 2.45) is 0 Å². The van der Waals surface area contributed by atoms with Gasteiger partial charge in [-0.25, -0.2) is 4.98 Å². The van der Waals surface area contributed by atoms with E-state index in [-0.39, 0.29) is 11.8 Å². The first-order valence-electron chi connectivity index (χ1n) is 11.1. The number of aromatic nitrogens is 2. The Hall–Kier alpha value is -4.06. The molecule has 5 rings (SSSR count). The molecule has 33 heavy (non-hydrogen) atoms. The monoisotopic (exact) mass is 436 g/mol. The Morgan fingerprint density at radius 1 is 0.970 bits per heavy atom. The van der Waals surface area contributed by atoms with E-state index in [9.17, 15) is 9.59 Å². The van der Waals surface area contributed by atoms with Gasteiger partial charge in [0.25, 0.3) is 11.8 Å². The van der Waals surface area contributed by atoms with E-state index < -0.39 is 0 Å². The zero-order chi connectivity index (χ0) is 22.8. The molecule has 1 aliphatic heterocycles. The molecule has 6 heteroatoms. The minimum atomic E-state index is -0.225. The minimum Gasteiger partial charge on any atom is -0.339 e. The maximum absolute atomic E-state index is 13.3. The molecule has 0 radical (unpaired) electrons. The molecule has 6 nitrogen and oxygen atoms in total. The summed E-state index contributed by atoms with van der Waals surface area (Å²) in [7, 11) is 0. The molecule has 2 amide bonds. The zero-order valence-corrected chi connectivity index (χ0v) is 18.4. The lowest BCUT2D eigenvalue weighted by atomic mass is 10.0. The topological polar surface area (TPSA) is 75.2 Å². The van der Waals surface area contributed by atoms with E-state index >= 15 is 0 Å². The van der Waals surface area contributed by atoms with Crippen LogP contribution in [0.2, 0.25) is 0 Å². The number of carbonyl (C=O) groups is 2. The number of anilines is 1. The van der Waals surface area contributed by atoms with Crippen LogP contribution in [0.5, 0.6) is 0 Å². The number of fused-ring (bicyclic) bond motifs is 1. The van der Waals surface area contributed by atoms with Crippen molar-refractivity contribution in [1.82, 2.24) is 14.9 Å². The normalized spacial score (nSPS) is 13.3. The third-order valence-electron chi connectivity index (χ3n) is 5.95. The number of rotatable bonds is 4. The van der Waals surface area contributed by atoms with Crippen LogP contribution in [0.3, 0.4) is 0 Å². The Kier molecular flexibility index (Phi) is 5.57. The Morgan fingerprint density at radius 2 is 1.76 bits per heavy atom. The molecule has 0 aliphatic carbocycles. The zero-order valence-electron chi connectivity index (χ0n) is 18.4. The van der Waals surface area contributed by atoms with Crippen molar-refractivity contribution in [3.8, 4) is 11.3 Å². The molecule has 1 saturated heterocycles. The Balaban J connectivity index is 1.45. The van der Waals surface area contributed by atoms with Crippen molar-refractivity contribution < 1.29 is 9.59 Å². The van der Waals surface area contributed by atoms with Gasteiger partial charge in [0.1, 0.15) is 0 Å². The lowest BCUT2D eigenvalue weighted by molar-refractivity contribution is 0.0792. The number of hydrogen-bond acceptors (Lipinski definition) is 4. The van der Waals surface area contributed by atoms with E-state index in [0.717, 1.165) is 48.0 Å². The molecule has 0 unspecified atom stereocenters. The first kappa shape index (κ1) is 20.8. The highest BCUT2D eigenvalue weighted by Crippen LogP contribution is 2.26. The second-order valence-corrected chi connectivity index (χ2v) is 8.35. The van der Waals surface area contributed by atoms with Gasteiger partial charge in [-0.15, -0.1) is 0 Å². The van der Waals surface area contributed by atoms with E-state index in [1.54, 1.807) is 42.7 Å². The molecule has 1 fully saturated rings. The number of nitrogens with zero attached hydrogens (tertiary/aromatic N) is 3. The Morgan fingerprint density at radius 3 is 2.48 bits per heavy atom. The summed E-state index contributed by atoms with van der Waals surface area (Å²) in [6, 6.07) is 18.6. The summed E-state index contributed by atoms with van der Waals surface area (Å²) in [4.78, 5) is 36.7. The molecule has 2 aromatic heterocycles. The largest absolute Gasteiger partial charge is 0.339 e. The van der Waals surface area contributed by atoms with Crippen LogP contribution < -0.4 is 5.32 Å². The van der Waals surface area contributed by atoms with Crippen LogP contribution in [-0.2, 0) is 0 Å². The third-order valence-corrected chi connectivity index (χ3v) is 5.95. The third kappa shape index (κ3) is 4.32. The number of carbonyl (C=O) groups excluding carboxylic acids is 2. The number of amides is 2. The molecule has 1 aliphatic rings. The van der Waals surface area contributed by atoms with E-state index in [1.807, 2.05) is 42.2 Å². The summed E-state index contributed by atoms with van der Waals surface area (Å²) >= 11 is 0. The highest BCUT2D eigenvalue weighted by molar-refractivity contribution is 6.13. The van der Waals surface area contributed by atoms with Crippen LogP contribution in [0.15, 0.2) is 73.1 Å². The van der Waals surface area contributed by atoms with Gasteiger partial charge in [-0.3, -0.25) is 14.6 Å². The number of aryl methyl sites for hydroxylation is 1. The minimum absolute atomic E-state index is 0.0436. The van der Waals surface area contributed by atoms with E-state index in [4.69, 9.17) is 4.98 Å². The number of benzene rings is 2. The van der Waals surface area contributed by atoms with E-state index in [0.29, 0.717) is 22.5 Å². The molecule has 2 aromatic carbocycles. The predicted octanol–water partition coefficient (Wildman–Crippen LogP) is 5.09. The predicted molar refractivity (Wildman–Crippen MR) is 129 cm³/mol. The molecular weight excluding hydrogens is 412 g/mol. The molecular formula is C27H24N4O2. The van der Waals surface area contributed by atoms with Gasteiger partial charge in [0.15, 0.2) is 0 Å². The molecule has 0 saturated carbocycles. The van der Waals surface area contributed by atoms with Gasteiger partial charge in [0.2, 0.25) is 0 Å².